The Hall–Kier alpha value is -0.670. The van der Waals surface area contributed by atoms with Gasteiger partial charge in [0.15, 0.2) is 0 Å². The third-order valence-electron chi connectivity index (χ3n) is 4.12. The molecule has 2 unspecified atom stereocenters. The number of hydrogen-bond donors (Lipinski definition) is 1. The normalized spacial score (nSPS) is 29.8. The zero-order valence-corrected chi connectivity index (χ0v) is 12.5. The molecule has 0 bridgehead atoms. The maximum Gasteiger partial charge on any atom is 0.124 e. The van der Waals surface area contributed by atoms with Gasteiger partial charge in [0.2, 0.25) is 0 Å². The van der Waals surface area contributed by atoms with Crippen molar-refractivity contribution in [2.45, 2.75) is 44.2 Å². The van der Waals surface area contributed by atoms with E-state index in [-0.39, 0.29) is 5.60 Å². The fraction of sp³-hybridized carbons (Fsp3) is 0.625. The minimum Gasteiger partial charge on any atom is -0.486 e. The quantitative estimate of drug-likeness (QED) is 0.908. The summed E-state index contributed by atoms with van der Waals surface area (Å²) in [7, 11) is 0. The first kappa shape index (κ1) is 13.3. The van der Waals surface area contributed by atoms with Crippen LogP contribution in [0.3, 0.4) is 0 Å². The van der Waals surface area contributed by atoms with E-state index in [2.05, 4.69) is 36.5 Å². The fourth-order valence-electron chi connectivity index (χ4n) is 3.19. The molecule has 1 saturated heterocycles. The molecule has 19 heavy (non-hydrogen) atoms. The first-order chi connectivity index (χ1) is 9.33. The Morgan fingerprint density at radius 3 is 3.11 bits per heavy atom. The summed E-state index contributed by atoms with van der Waals surface area (Å²) < 4.78 is 6.41. The third kappa shape index (κ3) is 2.77. The van der Waals surface area contributed by atoms with Crippen molar-refractivity contribution in [3.8, 4) is 5.75 Å². The van der Waals surface area contributed by atoms with Crippen molar-refractivity contribution in [1.82, 2.24) is 5.32 Å². The number of fused-ring (bicyclic) bond motifs is 1. The van der Waals surface area contributed by atoms with Gasteiger partial charge in [0.1, 0.15) is 11.4 Å². The van der Waals surface area contributed by atoms with Crippen LogP contribution in [0, 0.1) is 0 Å². The van der Waals surface area contributed by atoms with E-state index in [1.807, 2.05) is 11.8 Å². The molecular weight excluding hydrogens is 254 g/mol. The molecule has 0 aromatic heterocycles. The van der Waals surface area contributed by atoms with Crippen molar-refractivity contribution >= 4 is 11.8 Å². The zero-order valence-electron chi connectivity index (χ0n) is 11.7. The maximum absolute atomic E-state index is 6.41. The van der Waals surface area contributed by atoms with Gasteiger partial charge in [0.25, 0.3) is 0 Å². The second kappa shape index (κ2) is 5.76. The van der Waals surface area contributed by atoms with Gasteiger partial charge < -0.3 is 10.1 Å². The van der Waals surface area contributed by atoms with Crippen LogP contribution in [-0.2, 0) is 0 Å². The highest BCUT2D eigenvalue weighted by atomic mass is 32.2. The van der Waals surface area contributed by atoms with Gasteiger partial charge in [-0.25, -0.2) is 0 Å². The predicted octanol–water partition coefficient (Wildman–Crippen LogP) is 3.78. The largest absolute Gasteiger partial charge is 0.486 e. The number of nitrogens with one attached hydrogen (secondary N) is 1. The Bertz CT molecular complexity index is 429. The van der Waals surface area contributed by atoms with Crippen molar-refractivity contribution in [2.24, 2.45) is 0 Å². The van der Waals surface area contributed by atoms with Crippen molar-refractivity contribution in [3.05, 3.63) is 29.8 Å². The van der Waals surface area contributed by atoms with E-state index in [1.165, 1.54) is 30.6 Å². The van der Waals surface area contributed by atoms with E-state index in [0.29, 0.717) is 6.04 Å². The SMILES string of the molecule is CCCNC1CC2(CCCSC2)Oc2ccccc21. The first-order valence-corrected chi connectivity index (χ1v) is 8.57. The summed E-state index contributed by atoms with van der Waals surface area (Å²) in [5.74, 6) is 3.54. The summed E-state index contributed by atoms with van der Waals surface area (Å²) in [6, 6.07) is 9.02. The van der Waals surface area contributed by atoms with Crippen LogP contribution < -0.4 is 10.1 Å². The minimum absolute atomic E-state index is 0.0721. The van der Waals surface area contributed by atoms with Crippen LogP contribution in [0.2, 0.25) is 0 Å². The first-order valence-electron chi connectivity index (χ1n) is 7.42. The average Bonchev–Trinajstić information content (AvgIpc) is 2.45. The van der Waals surface area contributed by atoms with E-state index >= 15 is 0 Å². The number of thioether (sulfide) groups is 1. The Morgan fingerprint density at radius 2 is 2.32 bits per heavy atom. The summed E-state index contributed by atoms with van der Waals surface area (Å²) in [4.78, 5) is 0. The minimum atomic E-state index is 0.0721. The standard InChI is InChI=1S/C16H23NOS/c1-2-9-17-14-11-16(8-5-10-19-12-16)18-15-7-4-3-6-13(14)15/h3-4,6-7,14,17H,2,5,8-12H2,1H3. The molecule has 2 heterocycles. The lowest BCUT2D eigenvalue weighted by molar-refractivity contribution is 0.0413. The molecule has 1 spiro atoms. The monoisotopic (exact) mass is 277 g/mol. The van der Waals surface area contributed by atoms with Crippen LogP contribution in [0.1, 0.15) is 44.2 Å². The Kier molecular flexibility index (Phi) is 4.04. The van der Waals surface area contributed by atoms with E-state index in [0.717, 1.165) is 24.5 Å². The van der Waals surface area contributed by atoms with E-state index in [9.17, 15) is 0 Å². The van der Waals surface area contributed by atoms with Gasteiger partial charge in [-0.1, -0.05) is 25.1 Å². The predicted molar refractivity (Wildman–Crippen MR) is 82.0 cm³/mol. The summed E-state index contributed by atoms with van der Waals surface area (Å²) in [6.45, 7) is 3.31. The van der Waals surface area contributed by atoms with E-state index in [1.54, 1.807) is 0 Å². The molecular formula is C16H23NOS. The number of rotatable bonds is 3. The van der Waals surface area contributed by atoms with Gasteiger partial charge in [0.05, 0.1) is 0 Å². The molecule has 0 saturated carbocycles. The second-order valence-electron chi connectivity index (χ2n) is 5.69. The summed E-state index contributed by atoms with van der Waals surface area (Å²) in [5, 5.41) is 3.71. The summed E-state index contributed by atoms with van der Waals surface area (Å²) in [6.07, 6.45) is 4.80. The van der Waals surface area contributed by atoms with Gasteiger partial charge in [0, 0.05) is 23.8 Å². The van der Waals surface area contributed by atoms with Crippen LogP contribution in [0.4, 0.5) is 0 Å². The molecule has 0 amide bonds. The van der Waals surface area contributed by atoms with Gasteiger partial charge in [-0.3, -0.25) is 0 Å². The molecule has 2 atom stereocenters. The molecule has 104 valence electrons. The number of para-hydroxylation sites is 1. The molecule has 1 N–H and O–H groups in total. The number of ether oxygens (including phenoxy) is 1. The molecule has 1 fully saturated rings. The Balaban J connectivity index is 1.86. The lowest BCUT2D eigenvalue weighted by atomic mass is 9.85. The van der Waals surface area contributed by atoms with Gasteiger partial charge in [-0.05, 0) is 37.6 Å². The van der Waals surface area contributed by atoms with Crippen LogP contribution >= 0.6 is 11.8 Å². The van der Waals surface area contributed by atoms with Crippen molar-refractivity contribution in [2.75, 3.05) is 18.1 Å². The van der Waals surface area contributed by atoms with Crippen LogP contribution in [0.5, 0.6) is 5.75 Å². The second-order valence-corrected chi connectivity index (χ2v) is 6.80. The van der Waals surface area contributed by atoms with E-state index < -0.39 is 0 Å². The van der Waals surface area contributed by atoms with Crippen LogP contribution in [-0.4, -0.2) is 23.7 Å². The molecule has 3 heteroatoms. The third-order valence-corrected chi connectivity index (χ3v) is 5.43. The highest BCUT2D eigenvalue weighted by molar-refractivity contribution is 7.99. The van der Waals surface area contributed by atoms with Crippen LogP contribution in [0.15, 0.2) is 24.3 Å². The van der Waals surface area contributed by atoms with Gasteiger partial charge in [-0.2, -0.15) is 11.8 Å². The molecule has 2 aliphatic heterocycles. The lowest BCUT2D eigenvalue weighted by Crippen LogP contribution is -2.47. The average molecular weight is 277 g/mol. The van der Waals surface area contributed by atoms with Gasteiger partial charge in [-0.15, -0.1) is 0 Å². The van der Waals surface area contributed by atoms with Crippen molar-refractivity contribution in [3.63, 3.8) is 0 Å². The molecule has 0 aliphatic carbocycles. The highest BCUT2D eigenvalue weighted by Crippen LogP contribution is 2.44. The summed E-state index contributed by atoms with van der Waals surface area (Å²) in [5.41, 5.74) is 1.42. The number of hydrogen-bond acceptors (Lipinski definition) is 3. The van der Waals surface area contributed by atoms with Crippen molar-refractivity contribution in [1.29, 1.82) is 0 Å². The highest BCUT2D eigenvalue weighted by Gasteiger charge is 2.41. The maximum atomic E-state index is 6.41. The smallest absolute Gasteiger partial charge is 0.124 e. The molecule has 1 aromatic carbocycles. The lowest BCUT2D eigenvalue weighted by Gasteiger charge is -2.44. The Labute approximate surface area is 120 Å². The Morgan fingerprint density at radius 1 is 1.42 bits per heavy atom. The molecule has 3 rings (SSSR count). The molecule has 0 radical (unpaired) electrons. The van der Waals surface area contributed by atoms with Crippen molar-refractivity contribution < 1.29 is 4.74 Å². The topological polar surface area (TPSA) is 21.3 Å². The number of benzene rings is 1. The van der Waals surface area contributed by atoms with Crippen LogP contribution in [0.25, 0.3) is 0 Å². The molecule has 2 aliphatic rings. The van der Waals surface area contributed by atoms with E-state index in [4.69, 9.17) is 4.74 Å². The van der Waals surface area contributed by atoms with Gasteiger partial charge >= 0.3 is 0 Å². The zero-order chi connectivity index (χ0) is 13.1. The molecule has 2 nitrogen and oxygen atoms in total. The molecule has 1 aromatic rings. The fourth-order valence-corrected chi connectivity index (χ4v) is 4.37. The summed E-state index contributed by atoms with van der Waals surface area (Å²) >= 11 is 2.05.